The van der Waals surface area contributed by atoms with Crippen molar-refractivity contribution in [3.8, 4) is 0 Å². The Morgan fingerprint density at radius 2 is 2.10 bits per heavy atom. The molecule has 0 bridgehead atoms. The molecule has 1 N–H and O–H groups in total. The summed E-state index contributed by atoms with van der Waals surface area (Å²) < 4.78 is 2.18. The van der Waals surface area contributed by atoms with Crippen LogP contribution in [0.15, 0.2) is 41.4 Å². The minimum atomic E-state index is 0.618. The molecule has 1 heterocycles. The van der Waals surface area contributed by atoms with E-state index in [0.717, 1.165) is 17.9 Å². The van der Waals surface area contributed by atoms with Gasteiger partial charge in [-0.15, -0.1) is 11.8 Å². The number of hydrogen-bond donors (Lipinski definition) is 1. The first-order valence-electron chi connectivity index (χ1n) is 7.77. The van der Waals surface area contributed by atoms with Crippen LogP contribution in [0.3, 0.4) is 0 Å². The summed E-state index contributed by atoms with van der Waals surface area (Å²) >= 11 is 1.77. The van der Waals surface area contributed by atoms with Crippen LogP contribution in [0.4, 0.5) is 5.69 Å². The minimum absolute atomic E-state index is 0.618. The number of anilines is 1. The molecule has 112 valence electrons. The lowest BCUT2D eigenvalue weighted by molar-refractivity contribution is 0.328. The maximum Gasteiger partial charge on any atom is 0.0815 e. The van der Waals surface area contributed by atoms with Gasteiger partial charge in [0.05, 0.1) is 18.3 Å². The molecule has 4 heteroatoms. The van der Waals surface area contributed by atoms with Crippen molar-refractivity contribution in [2.24, 2.45) is 0 Å². The van der Waals surface area contributed by atoms with Gasteiger partial charge >= 0.3 is 0 Å². The lowest BCUT2D eigenvalue weighted by Crippen LogP contribution is -2.13. The van der Waals surface area contributed by atoms with Crippen molar-refractivity contribution in [1.82, 2.24) is 9.78 Å². The normalized spacial score (nSPS) is 16.0. The van der Waals surface area contributed by atoms with E-state index < -0.39 is 0 Å². The minimum Gasteiger partial charge on any atom is -0.379 e. The average molecular weight is 301 g/mol. The summed E-state index contributed by atoms with van der Waals surface area (Å²) in [7, 11) is 0. The number of aromatic nitrogens is 2. The van der Waals surface area contributed by atoms with E-state index in [4.69, 9.17) is 5.10 Å². The van der Waals surface area contributed by atoms with Crippen molar-refractivity contribution in [1.29, 1.82) is 0 Å². The molecule has 1 aliphatic carbocycles. The number of benzene rings is 1. The molecule has 1 fully saturated rings. The molecule has 21 heavy (non-hydrogen) atoms. The van der Waals surface area contributed by atoms with E-state index in [-0.39, 0.29) is 0 Å². The van der Waals surface area contributed by atoms with E-state index >= 15 is 0 Å². The first-order chi connectivity index (χ1) is 10.3. The molecule has 3 nitrogen and oxygen atoms in total. The van der Waals surface area contributed by atoms with Gasteiger partial charge in [-0.2, -0.15) is 5.10 Å². The second-order valence-electron chi connectivity index (χ2n) is 5.66. The Hall–Kier alpha value is -1.42. The van der Waals surface area contributed by atoms with Crippen LogP contribution < -0.4 is 5.32 Å². The fourth-order valence-corrected chi connectivity index (χ4v) is 3.41. The van der Waals surface area contributed by atoms with Gasteiger partial charge < -0.3 is 5.32 Å². The van der Waals surface area contributed by atoms with Gasteiger partial charge in [-0.3, -0.25) is 4.68 Å². The molecule has 0 amide bonds. The zero-order valence-electron chi connectivity index (χ0n) is 12.6. The second kappa shape index (κ2) is 7.03. The molecule has 1 aliphatic rings. The Morgan fingerprint density at radius 3 is 2.90 bits per heavy atom. The summed E-state index contributed by atoms with van der Waals surface area (Å²) in [5.41, 5.74) is 2.28. The molecule has 0 aliphatic heterocycles. The van der Waals surface area contributed by atoms with Crippen LogP contribution in [0.5, 0.6) is 0 Å². The largest absolute Gasteiger partial charge is 0.379 e. The van der Waals surface area contributed by atoms with Gasteiger partial charge in [-0.05, 0) is 43.4 Å². The molecule has 1 aromatic heterocycles. The highest BCUT2D eigenvalue weighted by Gasteiger charge is 2.15. The molecule has 1 aromatic carbocycles. The van der Waals surface area contributed by atoms with Crippen molar-refractivity contribution in [3.05, 3.63) is 42.2 Å². The van der Waals surface area contributed by atoms with Gasteiger partial charge in [0, 0.05) is 16.8 Å². The standard InChI is InChI=1S/C17H23N3S/c1-21-17-9-5-6-14(12-17)18-13-15-10-11-20(19-15)16-7-3-2-4-8-16/h5-6,9-12,16,18H,2-4,7-8,13H2,1H3. The van der Waals surface area contributed by atoms with Crippen LogP contribution in [-0.2, 0) is 6.54 Å². The van der Waals surface area contributed by atoms with E-state index in [1.165, 1.54) is 37.0 Å². The van der Waals surface area contributed by atoms with Gasteiger partial charge in [0.15, 0.2) is 0 Å². The Bertz CT molecular complexity index is 573. The lowest BCUT2D eigenvalue weighted by atomic mass is 9.96. The van der Waals surface area contributed by atoms with E-state index in [1.807, 2.05) is 0 Å². The maximum atomic E-state index is 4.74. The number of nitrogens with one attached hydrogen (secondary N) is 1. The Morgan fingerprint density at radius 1 is 1.24 bits per heavy atom. The lowest BCUT2D eigenvalue weighted by Gasteiger charge is -2.21. The van der Waals surface area contributed by atoms with Crippen molar-refractivity contribution >= 4 is 17.4 Å². The van der Waals surface area contributed by atoms with E-state index in [2.05, 4.69) is 52.8 Å². The van der Waals surface area contributed by atoms with E-state index in [9.17, 15) is 0 Å². The molecule has 0 unspecified atom stereocenters. The van der Waals surface area contributed by atoms with Crippen LogP contribution in [0, 0.1) is 0 Å². The molecule has 0 atom stereocenters. The van der Waals surface area contributed by atoms with Gasteiger partial charge in [-0.25, -0.2) is 0 Å². The van der Waals surface area contributed by atoms with Gasteiger partial charge in [0.25, 0.3) is 0 Å². The predicted octanol–water partition coefficient (Wildman–Crippen LogP) is 4.72. The number of rotatable bonds is 5. The average Bonchev–Trinajstić information content (AvgIpc) is 3.03. The Balaban J connectivity index is 1.59. The first-order valence-corrected chi connectivity index (χ1v) is 8.99. The second-order valence-corrected chi connectivity index (χ2v) is 6.54. The van der Waals surface area contributed by atoms with Crippen LogP contribution in [0.1, 0.15) is 43.8 Å². The smallest absolute Gasteiger partial charge is 0.0815 e. The Kier molecular flexibility index (Phi) is 4.86. The third-order valence-electron chi connectivity index (χ3n) is 4.16. The van der Waals surface area contributed by atoms with E-state index in [1.54, 1.807) is 11.8 Å². The predicted molar refractivity (Wildman–Crippen MR) is 89.9 cm³/mol. The third kappa shape index (κ3) is 3.82. The van der Waals surface area contributed by atoms with E-state index in [0.29, 0.717) is 6.04 Å². The molecule has 0 radical (unpaired) electrons. The molecule has 0 spiro atoms. The summed E-state index contributed by atoms with van der Waals surface area (Å²) in [5, 5.41) is 8.20. The monoisotopic (exact) mass is 301 g/mol. The zero-order valence-corrected chi connectivity index (χ0v) is 13.4. The SMILES string of the molecule is CSc1cccc(NCc2ccn(C3CCCCC3)n2)c1. The molecule has 3 rings (SSSR count). The van der Waals surface area contributed by atoms with Crippen molar-refractivity contribution < 1.29 is 0 Å². The molecular formula is C17H23N3S. The highest BCUT2D eigenvalue weighted by Crippen LogP contribution is 2.27. The molecule has 1 saturated carbocycles. The van der Waals surface area contributed by atoms with Crippen molar-refractivity contribution in [2.45, 2.75) is 49.6 Å². The quantitative estimate of drug-likeness (QED) is 0.810. The molecular weight excluding hydrogens is 278 g/mol. The summed E-state index contributed by atoms with van der Waals surface area (Å²) in [6.07, 6.45) is 10.9. The summed E-state index contributed by atoms with van der Waals surface area (Å²) in [6.45, 7) is 0.789. The molecule has 0 saturated heterocycles. The Labute approximate surface area is 131 Å². The number of thioether (sulfide) groups is 1. The first kappa shape index (κ1) is 14.5. The fraction of sp³-hybridized carbons (Fsp3) is 0.471. The zero-order chi connectivity index (χ0) is 14.5. The highest BCUT2D eigenvalue weighted by molar-refractivity contribution is 7.98. The highest BCUT2D eigenvalue weighted by atomic mass is 32.2. The van der Waals surface area contributed by atoms with Gasteiger partial charge in [-0.1, -0.05) is 25.3 Å². The van der Waals surface area contributed by atoms with Crippen molar-refractivity contribution in [3.63, 3.8) is 0 Å². The summed E-state index contributed by atoms with van der Waals surface area (Å²) in [6, 6.07) is 11.3. The fourth-order valence-electron chi connectivity index (χ4n) is 2.95. The maximum absolute atomic E-state index is 4.74. The summed E-state index contributed by atoms with van der Waals surface area (Å²) in [5.74, 6) is 0. The number of hydrogen-bond acceptors (Lipinski definition) is 3. The van der Waals surface area contributed by atoms with Gasteiger partial charge in [0.1, 0.15) is 0 Å². The van der Waals surface area contributed by atoms with Gasteiger partial charge in [0.2, 0.25) is 0 Å². The van der Waals surface area contributed by atoms with Crippen LogP contribution in [0.25, 0.3) is 0 Å². The van der Waals surface area contributed by atoms with Crippen molar-refractivity contribution in [2.75, 3.05) is 11.6 Å². The topological polar surface area (TPSA) is 29.9 Å². The van der Waals surface area contributed by atoms with Crippen LogP contribution in [0.2, 0.25) is 0 Å². The van der Waals surface area contributed by atoms with Crippen LogP contribution in [-0.4, -0.2) is 16.0 Å². The summed E-state index contributed by atoms with van der Waals surface area (Å²) in [4.78, 5) is 1.28. The number of nitrogens with zero attached hydrogens (tertiary/aromatic N) is 2. The molecule has 2 aromatic rings. The third-order valence-corrected chi connectivity index (χ3v) is 4.88. The van der Waals surface area contributed by atoms with Crippen LogP contribution >= 0.6 is 11.8 Å².